The third-order valence-corrected chi connectivity index (χ3v) is 15.6. The number of halogens is 4. The van der Waals surface area contributed by atoms with Gasteiger partial charge >= 0.3 is 5.97 Å². The van der Waals surface area contributed by atoms with E-state index in [1.165, 1.54) is 47.9 Å². The number of carbonyl (C=O) groups is 4. The molecule has 0 aliphatic carbocycles. The SMILES string of the molecule is C[C@@]1(O)CS[C@@H]2C(N3C(=O)c4c(I)c(I)c(I)c(I)c4C3=O)C(=O)N2C1C(=O)OCc1ccc([N+](=O)[O-])cc1. The number of thioether (sulfide) groups is 1. The lowest BCUT2D eigenvalue weighted by atomic mass is 9.90. The molecule has 3 heterocycles. The maximum atomic E-state index is 13.5. The Hall–Kier alpha value is -0.850. The zero-order valence-corrected chi connectivity index (χ0v) is 29.0. The fraction of sp³-hybridized carbons (Fsp3) is 0.304. The largest absolute Gasteiger partial charge is 0.459 e. The Morgan fingerprint density at radius 1 is 1.08 bits per heavy atom. The summed E-state index contributed by atoms with van der Waals surface area (Å²) in [4.78, 5) is 66.1. The van der Waals surface area contributed by atoms with Gasteiger partial charge in [-0.05, 0) is 115 Å². The summed E-state index contributed by atoms with van der Waals surface area (Å²) in [6.45, 7) is 1.20. The van der Waals surface area contributed by atoms with E-state index in [0.29, 0.717) is 12.7 Å². The number of nitro benzene ring substituents is 1. The molecule has 0 aromatic heterocycles. The van der Waals surface area contributed by atoms with Gasteiger partial charge in [-0.15, -0.1) is 11.8 Å². The van der Waals surface area contributed by atoms with E-state index in [4.69, 9.17) is 4.74 Å². The molecule has 1 N–H and O–H groups in total. The number of nitrogens with zero attached hydrogens (tertiary/aromatic N) is 3. The second kappa shape index (κ2) is 10.8. The number of ether oxygens (including phenoxy) is 1. The van der Waals surface area contributed by atoms with E-state index in [1.54, 1.807) is 0 Å². The van der Waals surface area contributed by atoms with Gasteiger partial charge in [0, 0.05) is 32.2 Å². The molecule has 204 valence electrons. The first-order chi connectivity index (χ1) is 18.3. The van der Waals surface area contributed by atoms with Crippen LogP contribution in [0.5, 0.6) is 0 Å². The van der Waals surface area contributed by atoms with E-state index in [1.807, 2.05) is 45.2 Å². The molecule has 2 fully saturated rings. The van der Waals surface area contributed by atoms with E-state index in [9.17, 15) is 34.4 Å². The fourth-order valence-electron chi connectivity index (χ4n) is 4.72. The highest BCUT2D eigenvalue weighted by Crippen LogP contribution is 2.47. The highest BCUT2D eigenvalue weighted by atomic mass is 127. The molecule has 2 saturated heterocycles. The first-order valence-corrected chi connectivity index (χ1v) is 16.4. The van der Waals surface area contributed by atoms with Crippen molar-refractivity contribution in [3.63, 3.8) is 0 Å². The number of amides is 3. The number of hydrogen-bond acceptors (Lipinski definition) is 9. The van der Waals surface area contributed by atoms with E-state index >= 15 is 0 Å². The Labute approximate surface area is 279 Å². The van der Waals surface area contributed by atoms with Crippen LogP contribution in [0.3, 0.4) is 0 Å². The van der Waals surface area contributed by atoms with Gasteiger partial charge in [0.05, 0.1) is 16.1 Å². The zero-order valence-electron chi connectivity index (χ0n) is 19.5. The van der Waals surface area contributed by atoms with Crippen molar-refractivity contribution in [2.24, 2.45) is 0 Å². The molecule has 0 bridgehead atoms. The second-order valence-electron chi connectivity index (χ2n) is 9.17. The molecule has 16 heteroatoms. The molecule has 0 saturated carbocycles. The van der Waals surface area contributed by atoms with E-state index in [0.717, 1.165) is 12.0 Å². The predicted octanol–water partition coefficient (Wildman–Crippen LogP) is 3.76. The number of fused-ring (bicyclic) bond motifs is 2. The van der Waals surface area contributed by atoms with Crippen molar-refractivity contribution < 1.29 is 33.9 Å². The van der Waals surface area contributed by atoms with Gasteiger partial charge in [-0.25, -0.2) is 4.79 Å². The summed E-state index contributed by atoms with van der Waals surface area (Å²) in [7, 11) is 0. The summed E-state index contributed by atoms with van der Waals surface area (Å²) >= 11 is 9.51. The predicted molar refractivity (Wildman–Crippen MR) is 172 cm³/mol. The van der Waals surface area contributed by atoms with Crippen LogP contribution in [-0.2, 0) is 20.9 Å². The molecule has 39 heavy (non-hydrogen) atoms. The molecule has 0 radical (unpaired) electrons. The smallest absolute Gasteiger partial charge is 0.332 e. The highest BCUT2D eigenvalue weighted by molar-refractivity contribution is 14.1. The molecule has 3 amide bonds. The quantitative estimate of drug-likeness (QED) is 0.0692. The summed E-state index contributed by atoms with van der Waals surface area (Å²) in [5.41, 5.74) is -0.712. The number of β-lactam (4-membered cyclic amide) rings is 1. The van der Waals surface area contributed by atoms with Gasteiger partial charge in [0.1, 0.15) is 23.6 Å². The third-order valence-electron chi connectivity index (χ3n) is 6.63. The van der Waals surface area contributed by atoms with Crippen molar-refractivity contribution in [2.75, 3.05) is 5.75 Å². The molecular weight excluding hydrogens is 986 g/mol. The van der Waals surface area contributed by atoms with E-state index < -0.39 is 51.7 Å². The average molecular weight is 1000 g/mol. The topological polar surface area (TPSA) is 147 Å². The average Bonchev–Trinajstić information content (AvgIpc) is 3.14. The molecule has 11 nitrogen and oxygen atoms in total. The molecule has 2 aromatic carbocycles. The number of non-ortho nitro benzene ring substituents is 1. The van der Waals surface area contributed by atoms with Gasteiger partial charge < -0.3 is 14.7 Å². The molecule has 2 unspecified atom stereocenters. The van der Waals surface area contributed by atoms with Gasteiger partial charge in [-0.2, -0.15) is 0 Å². The van der Waals surface area contributed by atoms with Crippen LogP contribution in [0.4, 0.5) is 5.69 Å². The summed E-state index contributed by atoms with van der Waals surface area (Å²) < 4.78 is 8.37. The lowest BCUT2D eigenvalue weighted by molar-refractivity contribution is -0.384. The molecule has 3 aliphatic heterocycles. The number of rotatable bonds is 5. The molecule has 3 aliphatic rings. The lowest BCUT2D eigenvalue weighted by Crippen LogP contribution is -2.79. The van der Waals surface area contributed by atoms with Gasteiger partial charge in [0.2, 0.25) is 0 Å². The number of esters is 1. The van der Waals surface area contributed by atoms with Crippen molar-refractivity contribution in [1.82, 2.24) is 9.80 Å². The van der Waals surface area contributed by atoms with Crippen molar-refractivity contribution in [3.8, 4) is 0 Å². The summed E-state index contributed by atoms with van der Waals surface area (Å²) in [6, 6.07) is 2.97. The number of carbonyl (C=O) groups excluding carboxylic acids is 4. The van der Waals surface area contributed by atoms with Gasteiger partial charge in [-0.1, -0.05) is 0 Å². The number of benzene rings is 2. The lowest BCUT2D eigenvalue weighted by Gasteiger charge is -2.57. The minimum absolute atomic E-state index is 0.0588. The minimum Gasteiger partial charge on any atom is -0.459 e. The first-order valence-electron chi connectivity index (χ1n) is 11.1. The van der Waals surface area contributed by atoms with Crippen LogP contribution in [0, 0.1) is 24.4 Å². The molecule has 0 spiro atoms. The van der Waals surface area contributed by atoms with Crippen LogP contribution >= 0.6 is 102 Å². The van der Waals surface area contributed by atoms with E-state index in [2.05, 4.69) is 45.2 Å². The van der Waals surface area contributed by atoms with Crippen molar-refractivity contribution in [1.29, 1.82) is 0 Å². The van der Waals surface area contributed by atoms with Crippen LogP contribution in [0.25, 0.3) is 0 Å². The minimum atomic E-state index is -1.63. The van der Waals surface area contributed by atoms with Gasteiger partial charge in [0.15, 0.2) is 6.04 Å². The number of hydrogen-bond donors (Lipinski definition) is 1. The number of nitro groups is 1. The van der Waals surface area contributed by atoms with Crippen molar-refractivity contribution in [2.45, 2.75) is 36.6 Å². The van der Waals surface area contributed by atoms with Crippen LogP contribution in [-0.4, -0.2) is 72.3 Å². The maximum Gasteiger partial charge on any atom is 0.332 e. The Morgan fingerprint density at radius 2 is 1.62 bits per heavy atom. The standard InChI is InChI=1S/C23H15I4N3O8S/c1-23(35)7-39-21-16(28-18(31)10-11(19(28)32)13(25)15(27)14(26)12(10)24)20(33)29(21)17(23)22(34)38-6-8-2-4-9(5-3-8)30(36)37/h2-5,16-17,21,35H,6-7H2,1H3/t16?,17?,21-,23-/m1/s1. The third kappa shape index (κ3) is 4.76. The van der Waals surface area contributed by atoms with Crippen LogP contribution in [0.15, 0.2) is 24.3 Å². The van der Waals surface area contributed by atoms with Gasteiger partial charge in [-0.3, -0.25) is 29.4 Å². The normalized spacial score (nSPS) is 25.8. The van der Waals surface area contributed by atoms with E-state index in [-0.39, 0.29) is 29.2 Å². The first kappa shape index (κ1) is 29.6. The summed E-state index contributed by atoms with van der Waals surface area (Å²) in [5, 5.41) is 21.2. The zero-order chi connectivity index (χ0) is 28.5. The summed E-state index contributed by atoms with van der Waals surface area (Å²) in [6.07, 6.45) is 0. The molecule has 4 atom stereocenters. The van der Waals surface area contributed by atoms with Gasteiger partial charge in [0.25, 0.3) is 23.4 Å². The Kier molecular flexibility index (Phi) is 8.18. The monoisotopic (exact) mass is 1000 g/mol. The second-order valence-corrected chi connectivity index (χ2v) is 14.6. The fourth-order valence-corrected chi connectivity index (χ4v) is 9.84. The maximum absolute atomic E-state index is 13.5. The Morgan fingerprint density at radius 3 is 2.13 bits per heavy atom. The highest BCUT2D eigenvalue weighted by Gasteiger charge is 2.65. The van der Waals surface area contributed by atoms with Crippen molar-refractivity contribution >= 4 is 132 Å². The van der Waals surface area contributed by atoms with Crippen LogP contribution in [0.2, 0.25) is 0 Å². The Balaban J connectivity index is 1.38. The van der Waals surface area contributed by atoms with Crippen LogP contribution in [0.1, 0.15) is 33.2 Å². The van der Waals surface area contributed by atoms with Crippen molar-refractivity contribution in [3.05, 3.63) is 65.4 Å². The van der Waals surface area contributed by atoms with Crippen LogP contribution < -0.4 is 0 Å². The Bertz CT molecular complexity index is 1440. The molecular formula is C23H15I4N3O8S. The number of aliphatic hydroxyl groups is 1. The number of imide groups is 1. The summed E-state index contributed by atoms with van der Waals surface area (Å²) in [5.74, 6) is -2.54. The molecule has 2 aromatic rings. The molecule has 5 rings (SSSR count).